The predicted octanol–water partition coefficient (Wildman–Crippen LogP) is 0.834. The van der Waals surface area contributed by atoms with Crippen LogP contribution in [0.3, 0.4) is 0 Å². The van der Waals surface area contributed by atoms with Gasteiger partial charge in [0, 0.05) is 12.3 Å². The molecule has 1 heterocycles. The molecule has 1 N–H and O–H groups in total. The van der Waals surface area contributed by atoms with Crippen molar-refractivity contribution in [2.24, 2.45) is 5.10 Å². The fourth-order valence-corrected chi connectivity index (χ4v) is 2.21. The summed E-state index contributed by atoms with van der Waals surface area (Å²) in [6.45, 7) is 0. The lowest BCUT2D eigenvalue weighted by molar-refractivity contribution is -0.144. The quantitative estimate of drug-likeness (QED) is 0.828. The van der Waals surface area contributed by atoms with Crippen LogP contribution in [0.25, 0.3) is 0 Å². The van der Waals surface area contributed by atoms with Crippen LogP contribution < -0.4 is 5.43 Å². The molecule has 0 radical (unpaired) electrons. The first-order valence-corrected chi connectivity index (χ1v) is 6.20. The number of esters is 2. The van der Waals surface area contributed by atoms with Gasteiger partial charge in [0.1, 0.15) is 11.8 Å². The average Bonchev–Trinajstić information content (AvgIpc) is 2.53. The Labute approximate surface area is 116 Å². The number of nitrogens with one attached hydrogen (secondary N) is 1. The first-order valence-electron chi connectivity index (χ1n) is 6.20. The highest BCUT2D eigenvalue weighted by Gasteiger charge is 2.36. The van der Waals surface area contributed by atoms with Crippen LogP contribution in [0, 0.1) is 0 Å². The molecule has 6 nitrogen and oxygen atoms in total. The molecule has 1 aromatic rings. The number of hydrogen-bond acceptors (Lipinski definition) is 6. The summed E-state index contributed by atoms with van der Waals surface area (Å²) in [4.78, 5) is 23.4. The van der Waals surface area contributed by atoms with Gasteiger partial charge in [-0.15, -0.1) is 0 Å². The Hall–Kier alpha value is -2.37. The molecule has 0 bridgehead atoms. The monoisotopic (exact) mass is 276 g/mol. The molecule has 2 rings (SSSR count). The summed E-state index contributed by atoms with van der Waals surface area (Å²) in [7, 11) is 2.63. The molecule has 1 aliphatic heterocycles. The van der Waals surface area contributed by atoms with Crippen molar-refractivity contribution in [2.75, 3.05) is 14.2 Å². The molecule has 0 saturated carbocycles. The van der Waals surface area contributed by atoms with Gasteiger partial charge in [0.15, 0.2) is 0 Å². The van der Waals surface area contributed by atoms with Crippen molar-refractivity contribution in [1.82, 2.24) is 5.43 Å². The average molecular weight is 276 g/mol. The maximum atomic E-state index is 11.8. The third-order valence-corrected chi connectivity index (χ3v) is 3.26. The van der Waals surface area contributed by atoms with Crippen molar-refractivity contribution in [3.63, 3.8) is 0 Å². The molecule has 0 amide bonds. The zero-order valence-corrected chi connectivity index (χ0v) is 11.3. The van der Waals surface area contributed by atoms with Crippen LogP contribution in [-0.4, -0.2) is 37.9 Å². The zero-order chi connectivity index (χ0) is 14.5. The molecule has 106 valence electrons. The van der Waals surface area contributed by atoms with Gasteiger partial charge in [-0.2, -0.15) is 5.10 Å². The van der Waals surface area contributed by atoms with Gasteiger partial charge >= 0.3 is 11.9 Å². The first kappa shape index (κ1) is 14.0. The number of methoxy groups -OCH3 is 2. The standard InChI is InChI=1S/C14H16N2O4/c1-19-13(17)11-8-10(9-6-4-3-5-7-9)12(16-15-11)14(18)20-2/h3-7,10,12,16H,8H2,1-2H3. The van der Waals surface area contributed by atoms with Gasteiger partial charge in [-0.3, -0.25) is 5.43 Å². The summed E-state index contributed by atoms with van der Waals surface area (Å²) in [5.41, 5.74) is 3.90. The molecule has 0 aliphatic carbocycles. The van der Waals surface area contributed by atoms with E-state index in [0.29, 0.717) is 6.42 Å². The van der Waals surface area contributed by atoms with E-state index in [4.69, 9.17) is 4.74 Å². The van der Waals surface area contributed by atoms with Crippen LogP contribution in [0.4, 0.5) is 0 Å². The van der Waals surface area contributed by atoms with Crippen LogP contribution >= 0.6 is 0 Å². The fourth-order valence-electron chi connectivity index (χ4n) is 2.21. The van der Waals surface area contributed by atoms with Crippen molar-refractivity contribution < 1.29 is 19.1 Å². The fraction of sp³-hybridized carbons (Fsp3) is 0.357. The van der Waals surface area contributed by atoms with E-state index in [-0.39, 0.29) is 11.6 Å². The maximum Gasteiger partial charge on any atom is 0.354 e. The molecule has 6 heteroatoms. The van der Waals surface area contributed by atoms with Crippen LogP contribution in [0.5, 0.6) is 0 Å². The number of hydrogen-bond donors (Lipinski definition) is 1. The summed E-state index contributed by atoms with van der Waals surface area (Å²) >= 11 is 0. The molecule has 0 fully saturated rings. The molecule has 0 aromatic heterocycles. The van der Waals surface area contributed by atoms with Gasteiger partial charge in [-0.25, -0.2) is 9.59 Å². The Balaban J connectivity index is 2.31. The Kier molecular flexibility index (Phi) is 4.34. The van der Waals surface area contributed by atoms with Crippen molar-refractivity contribution >= 4 is 17.7 Å². The Bertz CT molecular complexity index is 527. The highest BCUT2D eigenvalue weighted by Crippen LogP contribution is 2.27. The molecule has 0 saturated heterocycles. The number of benzene rings is 1. The highest BCUT2D eigenvalue weighted by molar-refractivity contribution is 6.36. The predicted molar refractivity (Wildman–Crippen MR) is 72.2 cm³/mol. The van der Waals surface area contributed by atoms with Crippen LogP contribution in [-0.2, 0) is 19.1 Å². The van der Waals surface area contributed by atoms with E-state index in [9.17, 15) is 9.59 Å². The number of ether oxygens (including phenoxy) is 2. The van der Waals surface area contributed by atoms with Gasteiger partial charge < -0.3 is 9.47 Å². The van der Waals surface area contributed by atoms with E-state index in [0.717, 1.165) is 5.56 Å². The molecule has 1 aromatic carbocycles. The van der Waals surface area contributed by atoms with E-state index < -0.39 is 18.0 Å². The summed E-state index contributed by atoms with van der Waals surface area (Å²) < 4.78 is 9.45. The van der Waals surface area contributed by atoms with Crippen molar-refractivity contribution in [3.8, 4) is 0 Å². The van der Waals surface area contributed by atoms with E-state index in [1.165, 1.54) is 14.2 Å². The van der Waals surface area contributed by atoms with Gasteiger partial charge in [0.2, 0.25) is 0 Å². The van der Waals surface area contributed by atoms with Gasteiger partial charge in [-0.05, 0) is 5.56 Å². The second-order valence-electron chi connectivity index (χ2n) is 4.40. The molecule has 0 spiro atoms. The molecular formula is C14H16N2O4. The SMILES string of the molecule is COC(=O)C1=NNC(C(=O)OC)C(c2ccccc2)C1. The van der Waals surface area contributed by atoms with Crippen LogP contribution in [0.15, 0.2) is 35.4 Å². The number of nitrogens with zero attached hydrogens (tertiary/aromatic N) is 1. The molecule has 20 heavy (non-hydrogen) atoms. The minimum atomic E-state index is -0.615. The maximum absolute atomic E-state index is 11.8. The van der Waals surface area contributed by atoms with Crippen LogP contribution in [0.1, 0.15) is 17.9 Å². The molecule has 2 unspecified atom stereocenters. The summed E-state index contributed by atoms with van der Waals surface area (Å²) in [6, 6.07) is 8.85. The lowest BCUT2D eigenvalue weighted by Gasteiger charge is -2.29. The molecular weight excluding hydrogens is 260 g/mol. The highest BCUT2D eigenvalue weighted by atomic mass is 16.5. The number of hydrazone groups is 1. The topological polar surface area (TPSA) is 77.0 Å². The Morgan fingerprint density at radius 1 is 1.20 bits per heavy atom. The number of carbonyl (C=O) groups is 2. The van der Waals surface area contributed by atoms with E-state index in [1.54, 1.807) is 0 Å². The first-order chi connectivity index (χ1) is 9.67. The minimum absolute atomic E-state index is 0.227. The van der Waals surface area contributed by atoms with Gasteiger partial charge in [0.05, 0.1) is 14.2 Å². The lowest BCUT2D eigenvalue weighted by atomic mass is 9.86. The van der Waals surface area contributed by atoms with Crippen molar-refractivity contribution in [1.29, 1.82) is 0 Å². The van der Waals surface area contributed by atoms with Crippen LogP contribution in [0.2, 0.25) is 0 Å². The van der Waals surface area contributed by atoms with Gasteiger partial charge in [-0.1, -0.05) is 30.3 Å². The van der Waals surface area contributed by atoms with E-state index in [2.05, 4.69) is 15.3 Å². The second kappa shape index (κ2) is 6.18. The normalized spacial score (nSPS) is 21.4. The number of carbonyl (C=O) groups excluding carboxylic acids is 2. The summed E-state index contributed by atoms with van der Waals surface area (Å²) in [5, 5.41) is 3.92. The van der Waals surface area contributed by atoms with Gasteiger partial charge in [0.25, 0.3) is 0 Å². The van der Waals surface area contributed by atoms with Crippen molar-refractivity contribution in [2.45, 2.75) is 18.4 Å². The summed E-state index contributed by atoms with van der Waals surface area (Å²) in [5.74, 6) is -1.14. The smallest absolute Gasteiger partial charge is 0.354 e. The third-order valence-electron chi connectivity index (χ3n) is 3.26. The summed E-state index contributed by atoms with van der Waals surface area (Å²) in [6.07, 6.45) is 0.323. The third kappa shape index (κ3) is 2.79. The largest absolute Gasteiger partial charge is 0.467 e. The zero-order valence-electron chi connectivity index (χ0n) is 11.3. The Morgan fingerprint density at radius 2 is 1.90 bits per heavy atom. The van der Waals surface area contributed by atoms with E-state index >= 15 is 0 Å². The minimum Gasteiger partial charge on any atom is -0.467 e. The second-order valence-corrected chi connectivity index (χ2v) is 4.40. The molecule has 1 aliphatic rings. The lowest BCUT2D eigenvalue weighted by Crippen LogP contribution is -2.45. The van der Waals surface area contributed by atoms with Crippen molar-refractivity contribution in [3.05, 3.63) is 35.9 Å². The molecule has 2 atom stereocenters. The van der Waals surface area contributed by atoms with E-state index in [1.807, 2.05) is 30.3 Å². The Morgan fingerprint density at radius 3 is 2.50 bits per heavy atom. The number of rotatable bonds is 3.